The maximum Gasteiger partial charge on any atom is 0.249 e. The van der Waals surface area contributed by atoms with E-state index in [1.807, 2.05) is 40.8 Å². The molecule has 1 fully saturated rings. The van der Waals surface area contributed by atoms with Gasteiger partial charge in [0.2, 0.25) is 11.9 Å². The molecule has 0 bridgehead atoms. The second-order valence-corrected chi connectivity index (χ2v) is 5.92. The third-order valence-corrected chi connectivity index (χ3v) is 4.37. The van der Waals surface area contributed by atoms with Crippen LogP contribution < -0.4 is 10.1 Å². The minimum absolute atomic E-state index is 0.0286. The first-order chi connectivity index (χ1) is 11.7. The highest BCUT2D eigenvalue weighted by Gasteiger charge is 2.37. The molecule has 0 saturated carbocycles. The van der Waals surface area contributed by atoms with Crippen LogP contribution in [-0.2, 0) is 17.9 Å². The van der Waals surface area contributed by atoms with E-state index in [1.54, 1.807) is 12.5 Å². The molecule has 0 spiro atoms. The minimum Gasteiger partial charge on any atom is -0.492 e. The molecule has 7 nitrogen and oxygen atoms in total. The molecule has 1 N–H and O–H groups in total. The van der Waals surface area contributed by atoms with Gasteiger partial charge in [-0.05, 0) is 24.6 Å². The Balaban J connectivity index is 1.47. The van der Waals surface area contributed by atoms with Crippen LogP contribution in [0.1, 0.15) is 18.9 Å². The van der Waals surface area contributed by atoms with Crippen molar-refractivity contribution in [3.8, 4) is 5.75 Å². The number of nitrogens with one attached hydrogen (secondary N) is 1. The Bertz CT molecular complexity index is 784. The summed E-state index contributed by atoms with van der Waals surface area (Å²) in [6, 6.07) is 5.74. The Morgan fingerprint density at radius 3 is 3.12 bits per heavy atom. The first kappa shape index (κ1) is 14.7. The molecular weight excluding hydrogens is 306 g/mol. The average molecular weight is 325 g/mol. The molecule has 7 heteroatoms. The molecule has 0 radical (unpaired) electrons. The Kier molecular flexibility index (Phi) is 3.68. The third-order valence-electron chi connectivity index (χ3n) is 4.37. The molecule has 2 aliphatic heterocycles. The molecule has 4 rings (SSSR count). The fourth-order valence-electron chi connectivity index (χ4n) is 3.11. The molecular formula is C17H19N5O2. The molecule has 124 valence electrons. The van der Waals surface area contributed by atoms with Gasteiger partial charge in [0.1, 0.15) is 18.4 Å². The zero-order chi connectivity index (χ0) is 16.5. The van der Waals surface area contributed by atoms with E-state index < -0.39 is 0 Å². The number of carbonyl (C=O) groups excluding carboxylic acids is 1. The van der Waals surface area contributed by atoms with Gasteiger partial charge in [-0.25, -0.2) is 9.98 Å². The molecule has 1 aromatic heterocycles. The maximum absolute atomic E-state index is 12.0. The van der Waals surface area contributed by atoms with Crippen LogP contribution in [-0.4, -0.2) is 39.0 Å². The summed E-state index contributed by atoms with van der Waals surface area (Å²) in [4.78, 5) is 22.6. The molecule has 0 aliphatic carbocycles. The summed E-state index contributed by atoms with van der Waals surface area (Å²) in [6.07, 6.45) is 6.20. The zero-order valence-corrected chi connectivity index (χ0v) is 13.5. The first-order valence-corrected chi connectivity index (χ1v) is 8.12. The number of nitrogens with zero attached hydrogens (tertiary/aromatic N) is 4. The highest BCUT2D eigenvalue weighted by atomic mass is 16.5. The van der Waals surface area contributed by atoms with E-state index in [9.17, 15) is 4.79 Å². The molecule has 1 atom stereocenters. The molecule has 1 unspecified atom stereocenters. The van der Waals surface area contributed by atoms with Gasteiger partial charge >= 0.3 is 0 Å². The fraction of sp³-hybridized carbons (Fsp3) is 0.353. The van der Waals surface area contributed by atoms with Crippen LogP contribution in [0.15, 0.2) is 41.9 Å². The standard InChI is InChI=1S/C17H19N5O2/c1-2-15-16(23)20-17-19-14-4-3-13(9-12(14)10-22(15)17)24-8-7-21-6-5-18-11-21/h3-6,9,11,15H,2,7-8,10H2,1H3,(H,19,20,23). The van der Waals surface area contributed by atoms with Crippen molar-refractivity contribution < 1.29 is 9.53 Å². The smallest absolute Gasteiger partial charge is 0.249 e. The number of guanidine groups is 1. The van der Waals surface area contributed by atoms with E-state index in [0.29, 0.717) is 19.1 Å². The van der Waals surface area contributed by atoms with E-state index in [0.717, 1.165) is 30.0 Å². The van der Waals surface area contributed by atoms with Crippen molar-refractivity contribution >= 4 is 17.6 Å². The van der Waals surface area contributed by atoms with Crippen molar-refractivity contribution in [2.75, 3.05) is 6.61 Å². The number of hydrogen-bond acceptors (Lipinski definition) is 5. The van der Waals surface area contributed by atoms with Crippen molar-refractivity contribution in [1.82, 2.24) is 19.8 Å². The fourth-order valence-corrected chi connectivity index (χ4v) is 3.11. The average Bonchev–Trinajstić information content (AvgIpc) is 3.19. The van der Waals surface area contributed by atoms with Gasteiger partial charge in [0, 0.05) is 24.5 Å². The zero-order valence-electron chi connectivity index (χ0n) is 13.5. The van der Waals surface area contributed by atoms with E-state index in [1.165, 1.54) is 0 Å². The molecule has 1 aromatic carbocycles. The van der Waals surface area contributed by atoms with Gasteiger partial charge < -0.3 is 14.2 Å². The van der Waals surface area contributed by atoms with E-state index >= 15 is 0 Å². The van der Waals surface area contributed by atoms with Gasteiger partial charge in [-0.15, -0.1) is 0 Å². The van der Waals surface area contributed by atoms with Gasteiger partial charge in [-0.3, -0.25) is 10.1 Å². The van der Waals surface area contributed by atoms with Crippen LogP contribution in [0.3, 0.4) is 0 Å². The lowest BCUT2D eigenvalue weighted by molar-refractivity contribution is -0.121. The van der Waals surface area contributed by atoms with Crippen LogP contribution in [0.5, 0.6) is 5.75 Å². The van der Waals surface area contributed by atoms with Crippen LogP contribution >= 0.6 is 0 Å². The summed E-state index contributed by atoms with van der Waals surface area (Å²) < 4.78 is 7.81. The molecule has 3 heterocycles. The highest BCUT2D eigenvalue weighted by molar-refractivity contribution is 6.07. The predicted octanol–water partition coefficient (Wildman–Crippen LogP) is 1.67. The second kappa shape index (κ2) is 5.99. The monoisotopic (exact) mass is 325 g/mol. The number of amides is 1. The Morgan fingerprint density at radius 1 is 1.42 bits per heavy atom. The number of rotatable bonds is 5. The van der Waals surface area contributed by atoms with Gasteiger partial charge in [0.15, 0.2) is 0 Å². The van der Waals surface area contributed by atoms with Crippen LogP contribution in [0.25, 0.3) is 0 Å². The number of aliphatic imine (C=N–C) groups is 1. The van der Waals surface area contributed by atoms with Gasteiger partial charge in [0.25, 0.3) is 0 Å². The lowest BCUT2D eigenvalue weighted by atomic mass is 10.1. The maximum atomic E-state index is 12.0. The Morgan fingerprint density at radius 2 is 2.33 bits per heavy atom. The summed E-state index contributed by atoms with van der Waals surface area (Å²) >= 11 is 0. The quantitative estimate of drug-likeness (QED) is 0.908. The van der Waals surface area contributed by atoms with E-state index in [2.05, 4.69) is 15.3 Å². The second-order valence-electron chi connectivity index (χ2n) is 5.92. The molecule has 2 aromatic rings. The molecule has 2 aliphatic rings. The number of aromatic nitrogens is 2. The van der Waals surface area contributed by atoms with Crippen LogP contribution in [0.2, 0.25) is 0 Å². The van der Waals surface area contributed by atoms with Crippen molar-refractivity contribution in [3.05, 3.63) is 42.5 Å². The van der Waals surface area contributed by atoms with Crippen LogP contribution in [0.4, 0.5) is 5.69 Å². The number of hydrogen-bond donors (Lipinski definition) is 1. The number of imidazole rings is 1. The van der Waals surface area contributed by atoms with Crippen molar-refractivity contribution in [1.29, 1.82) is 0 Å². The third kappa shape index (κ3) is 2.62. The van der Waals surface area contributed by atoms with Crippen LogP contribution in [0, 0.1) is 0 Å². The lowest BCUT2D eigenvalue weighted by Gasteiger charge is -2.27. The van der Waals surface area contributed by atoms with E-state index in [4.69, 9.17) is 4.74 Å². The molecule has 1 saturated heterocycles. The highest BCUT2D eigenvalue weighted by Crippen LogP contribution is 2.32. The van der Waals surface area contributed by atoms with Crippen molar-refractivity contribution in [2.45, 2.75) is 32.5 Å². The summed E-state index contributed by atoms with van der Waals surface area (Å²) in [5, 5.41) is 2.86. The molecule has 24 heavy (non-hydrogen) atoms. The SMILES string of the molecule is CCC1C(=O)NC2=Nc3ccc(OCCn4ccnc4)cc3CN21. The minimum atomic E-state index is -0.136. The largest absolute Gasteiger partial charge is 0.492 e. The Hall–Kier alpha value is -2.83. The summed E-state index contributed by atoms with van der Waals surface area (Å²) in [5.74, 6) is 1.51. The number of benzene rings is 1. The van der Waals surface area contributed by atoms with Gasteiger partial charge in [0.05, 0.1) is 18.6 Å². The summed E-state index contributed by atoms with van der Waals surface area (Å²) in [5.41, 5.74) is 1.97. The number of carbonyl (C=O) groups is 1. The Labute approximate surface area is 140 Å². The number of ether oxygens (including phenoxy) is 1. The van der Waals surface area contributed by atoms with E-state index in [-0.39, 0.29) is 11.9 Å². The van der Waals surface area contributed by atoms with Gasteiger partial charge in [-0.2, -0.15) is 0 Å². The predicted molar refractivity (Wildman–Crippen MR) is 89.0 cm³/mol. The van der Waals surface area contributed by atoms with Crippen molar-refractivity contribution in [2.24, 2.45) is 4.99 Å². The normalized spacial score (nSPS) is 18.7. The lowest BCUT2D eigenvalue weighted by Crippen LogP contribution is -2.36. The first-order valence-electron chi connectivity index (χ1n) is 8.12. The van der Waals surface area contributed by atoms with Gasteiger partial charge in [-0.1, -0.05) is 6.92 Å². The van der Waals surface area contributed by atoms with Crippen molar-refractivity contribution in [3.63, 3.8) is 0 Å². The summed E-state index contributed by atoms with van der Waals surface area (Å²) in [6.45, 7) is 4.01. The molecule has 1 amide bonds. The topological polar surface area (TPSA) is 71.7 Å². The summed E-state index contributed by atoms with van der Waals surface area (Å²) in [7, 11) is 0. The number of fused-ring (bicyclic) bond motifs is 2.